The van der Waals surface area contributed by atoms with Crippen LogP contribution in [-0.2, 0) is 10.4 Å². The van der Waals surface area contributed by atoms with E-state index in [1.807, 2.05) is 0 Å². The monoisotopic (exact) mass is 568 g/mol. The van der Waals surface area contributed by atoms with E-state index in [1.54, 1.807) is 30.3 Å². The molecule has 1 atom stereocenters. The Hall–Kier alpha value is -3.94. The molecule has 1 fully saturated rings. The Bertz CT molecular complexity index is 1520. The average molecular weight is 569 g/mol. The molecule has 2 heterocycles. The van der Waals surface area contributed by atoms with E-state index in [-0.39, 0.29) is 45.8 Å². The molecule has 3 aromatic rings. The normalized spacial score (nSPS) is 22.2. The van der Waals surface area contributed by atoms with Gasteiger partial charge in [0.25, 0.3) is 18.2 Å². The molecule has 0 spiro atoms. The van der Waals surface area contributed by atoms with Crippen molar-refractivity contribution >= 4 is 29.1 Å². The van der Waals surface area contributed by atoms with Gasteiger partial charge in [-0.2, -0.15) is 5.26 Å². The van der Waals surface area contributed by atoms with Crippen molar-refractivity contribution in [2.75, 3.05) is 11.4 Å². The van der Waals surface area contributed by atoms with Crippen LogP contribution in [0.25, 0.3) is 0 Å². The predicted molar refractivity (Wildman–Crippen MR) is 140 cm³/mol. The third-order valence-corrected chi connectivity index (χ3v) is 7.81. The van der Waals surface area contributed by atoms with Crippen LogP contribution in [0.5, 0.6) is 0 Å². The lowest BCUT2D eigenvalue weighted by atomic mass is 9.85. The molecule has 2 N–H and O–H groups in total. The second kappa shape index (κ2) is 10.9. The van der Waals surface area contributed by atoms with E-state index in [0.717, 1.165) is 6.20 Å². The number of aliphatic hydroxyl groups is 1. The van der Waals surface area contributed by atoms with E-state index >= 15 is 4.39 Å². The summed E-state index contributed by atoms with van der Waals surface area (Å²) in [6.45, 7) is 0.256. The molecule has 5 rings (SSSR count). The highest BCUT2D eigenvalue weighted by Crippen LogP contribution is 2.46. The Morgan fingerprint density at radius 2 is 1.88 bits per heavy atom. The first-order valence-corrected chi connectivity index (χ1v) is 13.1. The summed E-state index contributed by atoms with van der Waals surface area (Å²) >= 11 is 5.87. The molecule has 1 saturated carbocycles. The Kier molecular flexibility index (Phi) is 7.53. The second-order valence-corrected chi connectivity index (χ2v) is 10.4. The molecule has 1 unspecified atom stereocenters. The molecule has 40 heavy (non-hydrogen) atoms. The number of hydrogen-bond donors (Lipinski definition) is 2. The molecule has 0 radical (unpaired) electrons. The zero-order chi connectivity index (χ0) is 28.6. The van der Waals surface area contributed by atoms with Crippen LogP contribution in [0.15, 0.2) is 54.7 Å². The summed E-state index contributed by atoms with van der Waals surface area (Å²) < 4.78 is 41.8. The molecule has 1 aliphatic carbocycles. The quantitative estimate of drug-likeness (QED) is 0.422. The van der Waals surface area contributed by atoms with Crippen LogP contribution in [0.2, 0.25) is 5.02 Å². The number of amides is 2. The maximum Gasteiger partial charge on any atom is 0.281 e. The summed E-state index contributed by atoms with van der Waals surface area (Å²) in [4.78, 5) is 31.5. The molecular formula is C29H24ClF3N4O3. The van der Waals surface area contributed by atoms with E-state index < -0.39 is 35.4 Å². The number of carbonyl (C=O) groups is 2. The largest absolute Gasteiger partial charge is 0.372 e. The molecule has 1 aromatic heterocycles. The number of pyridine rings is 1. The van der Waals surface area contributed by atoms with E-state index in [0.29, 0.717) is 31.4 Å². The van der Waals surface area contributed by atoms with Crippen LogP contribution >= 0.6 is 11.6 Å². The molecule has 0 saturated heterocycles. The smallest absolute Gasteiger partial charge is 0.281 e. The van der Waals surface area contributed by atoms with Gasteiger partial charge < -0.3 is 15.3 Å². The summed E-state index contributed by atoms with van der Waals surface area (Å²) in [6, 6.07) is 13.3. The van der Waals surface area contributed by atoms with Crippen molar-refractivity contribution in [1.29, 1.82) is 5.26 Å². The van der Waals surface area contributed by atoms with Gasteiger partial charge in [-0.3, -0.25) is 14.6 Å². The van der Waals surface area contributed by atoms with Crippen LogP contribution in [0, 0.1) is 23.1 Å². The summed E-state index contributed by atoms with van der Waals surface area (Å²) in [5.41, 5.74) is -3.05. The fraction of sp³-hybridized carbons (Fsp3) is 0.310. The number of rotatable bonds is 6. The van der Waals surface area contributed by atoms with Gasteiger partial charge in [0.05, 0.1) is 21.8 Å². The van der Waals surface area contributed by atoms with Crippen LogP contribution in [0.3, 0.4) is 0 Å². The van der Waals surface area contributed by atoms with Gasteiger partial charge in [-0.15, -0.1) is 0 Å². The minimum Gasteiger partial charge on any atom is -0.372 e. The number of nitrogens with zero attached hydrogens (tertiary/aromatic N) is 3. The summed E-state index contributed by atoms with van der Waals surface area (Å²) in [5.74, 6) is -2.32. The number of anilines is 1. The number of fused-ring (bicyclic) bond motifs is 1. The van der Waals surface area contributed by atoms with Crippen molar-refractivity contribution in [2.24, 2.45) is 5.92 Å². The lowest BCUT2D eigenvalue weighted by molar-refractivity contribution is -0.132. The number of para-hydroxylation sites is 1. The van der Waals surface area contributed by atoms with Crippen LogP contribution in [0.1, 0.15) is 64.9 Å². The van der Waals surface area contributed by atoms with Gasteiger partial charge >= 0.3 is 0 Å². The zero-order valence-electron chi connectivity index (χ0n) is 21.1. The molecule has 11 heteroatoms. The van der Waals surface area contributed by atoms with E-state index in [9.17, 15) is 28.7 Å². The second-order valence-electron chi connectivity index (χ2n) is 10.0. The van der Waals surface area contributed by atoms with Crippen molar-refractivity contribution in [3.63, 3.8) is 0 Å². The number of nitrogens with one attached hydrogen (secondary N) is 1. The Balaban J connectivity index is 1.30. The first-order valence-electron chi connectivity index (χ1n) is 12.7. The van der Waals surface area contributed by atoms with Crippen molar-refractivity contribution < 1.29 is 27.9 Å². The minimum atomic E-state index is -2.93. The third kappa shape index (κ3) is 4.80. The molecule has 2 amide bonds. The lowest BCUT2D eigenvalue weighted by Crippen LogP contribution is -2.45. The molecule has 2 aromatic carbocycles. The number of benzene rings is 2. The number of carbonyl (C=O) groups excluding carboxylic acids is 2. The molecule has 206 valence electrons. The fourth-order valence-electron chi connectivity index (χ4n) is 5.59. The maximum absolute atomic E-state index is 15.1. The van der Waals surface area contributed by atoms with Gasteiger partial charge in [-0.05, 0) is 49.8 Å². The van der Waals surface area contributed by atoms with E-state index in [1.165, 1.54) is 29.2 Å². The number of hydrogen-bond acceptors (Lipinski definition) is 5. The van der Waals surface area contributed by atoms with Crippen molar-refractivity contribution in [2.45, 2.75) is 43.8 Å². The number of nitriles is 1. The highest BCUT2D eigenvalue weighted by Gasteiger charge is 2.52. The molecule has 0 bridgehead atoms. The first kappa shape index (κ1) is 27.6. The van der Waals surface area contributed by atoms with Crippen molar-refractivity contribution in [3.8, 4) is 6.07 Å². The predicted octanol–water partition coefficient (Wildman–Crippen LogP) is 5.25. The zero-order valence-corrected chi connectivity index (χ0v) is 21.8. The number of halogens is 4. The van der Waals surface area contributed by atoms with Gasteiger partial charge in [0.2, 0.25) is 0 Å². The molecular weight excluding hydrogens is 545 g/mol. The fourth-order valence-corrected chi connectivity index (χ4v) is 5.75. The average Bonchev–Trinajstić information content (AvgIpc) is 3.16. The van der Waals surface area contributed by atoms with Crippen LogP contribution in [-0.4, -0.2) is 34.5 Å². The first-order chi connectivity index (χ1) is 19.1. The SMILES string of the molecule is N#Cc1cccc(C2(O)C(=O)N(C[C@H]3CC[C@H](NC(=O)c4cc(Cl)cnc4C(F)F)CC3)c3ccccc32)c1F. The standard InChI is InChI=1S/C29H24ClF3N4O3/c30-18-12-20(25(26(32)33)35-14-18)27(38)36-19-10-8-16(9-11-19)15-37-23-7-2-1-5-21(23)29(40,28(37)39)22-6-3-4-17(13-34)24(22)31/h1-7,12,14,16,19,26,40H,8-11,15H2,(H,36,38)/t16-,19-,29?. The Morgan fingerprint density at radius 1 is 1.18 bits per heavy atom. The molecule has 2 aliphatic rings. The Labute approximate surface area is 233 Å². The van der Waals surface area contributed by atoms with Gasteiger partial charge in [-0.1, -0.05) is 41.9 Å². The Morgan fingerprint density at radius 3 is 2.58 bits per heavy atom. The van der Waals surface area contributed by atoms with Gasteiger partial charge in [-0.25, -0.2) is 13.2 Å². The number of aromatic nitrogens is 1. The highest BCUT2D eigenvalue weighted by atomic mass is 35.5. The van der Waals surface area contributed by atoms with Gasteiger partial charge in [0.1, 0.15) is 17.6 Å². The van der Waals surface area contributed by atoms with Crippen LogP contribution < -0.4 is 10.2 Å². The van der Waals surface area contributed by atoms with E-state index in [4.69, 9.17) is 11.6 Å². The molecule has 1 aliphatic heterocycles. The van der Waals surface area contributed by atoms with Crippen molar-refractivity contribution in [1.82, 2.24) is 10.3 Å². The topological polar surface area (TPSA) is 106 Å². The third-order valence-electron chi connectivity index (χ3n) is 7.61. The lowest BCUT2D eigenvalue weighted by Gasteiger charge is -2.32. The van der Waals surface area contributed by atoms with Gasteiger partial charge in [0.15, 0.2) is 5.60 Å². The van der Waals surface area contributed by atoms with Crippen LogP contribution in [0.4, 0.5) is 18.9 Å². The van der Waals surface area contributed by atoms with E-state index in [2.05, 4.69) is 10.3 Å². The molecule has 7 nitrogen and oxygen atoms in total. The highest BCUT2D eigenvalue weighted by molar-refractivity contribution is 6.30. The number of alkyl halides is 2. The summed E-state index contributed by atoms with van der Waals surface area (Å²) in [6.07, 6.45) is 0.455. The summed E-state index contributed by atoms with van der Waals surface area (Å²) in [7, 11) is 0. The van der Waals surface area contributed by atoms with Gasteiger partial charge in [0, 0.05) is 29.9 Å². The van der Waals surface area contributed by atoms with Crippen molar-refractivity contribution in [3.05, 3.63) is 93.5 Å². The summed E-state index contributed by atoms with van der Waals surface area (Å²) in [5, 5.41) is 23.8. The maximum atomic E-state index is 15.1. The minimum absolute atomic E-state index is 0.00672.